The van der Waals surface area contributed by atoms with Gasteiger partial charge in [-0.05, 0) is 43.5 Å². The summed E-state index contributed by atoms with van der Waals surface area (Å²) in [4.78, 5) is 114. The highest BCUT2D eigenvalue weighted by Crippen LogP contribution is 2.13. The maximum absolute atomic E-state index is 13.3. The molecule has 7 atom stereocenters. The molecule has 0 saturated carbocycles. The minimum atomic E-state index is -1.98. The quantitative estimate of drug-likeness (QED) is 0.0378. The summed E-state index contributed by atoms with van der Waals surface area (Å²) < 4.78 is 0. The Balaban J connectivity index is 1.62. The van der Waals surface area contributed by atoms with Crippen LogP contribution < -0.4 is 43.2 Å². The number of aliphatic carboxylic acids is 2. The van der Waals surface area contributed by atoms with E-state index in [1.54, 1.807) is 0 Å². The van der Waals surface area contributed by atoms with Crippen LogP contribution in [0.5, 0.6) is 0 Å². The number of aromatic nitrogens is 4. The van der Waals surface area contributed by atoms with Crippen molar-refractivity contribution in [1.82, 2.24) is 46.5 Å². The second-order valence-electron chi connectivity index (χ2n) is 13.7. The number of nitrogens with zero attached hydrogens (tertiary/aromatic N) is 3. The van der Waals surface area contributed by atoms with Gasteiger partial charge in [-0.3, -0.25) is 38.5 Å². The molecular formula is C36H49N11O15. The maximum Gasteiger partial charge on any atom is 0.326 e. The summed E-state index contributed by atoms with van der Waals surface area (Å²) in [7, 11) is 1.23. The number of hydrogen-bond donors (Lipinski definition) is 15. The van der Waals surface area contributed by atoms with E-state index in [-0.39, 0.29) is 35.6 Å². The van der Waals surface area contributed by atoms with Crippen LogP contribution in [0.2, 0.25) is 0 Å². The first-order valence-corrected chi connectivity index (χ1v) is 18.8. The third-order valence-electron chi connectivity index (χ3n) is 9.04. The van der Waals surface area contributed by atoms with Crippen molar-refractivity contribution in [1.29, 1.82) is 0 Å². The summed E-state index contributed by atoms with van der Waals surface area (Å²) in [6.07, 6.45) is -9.08. The predicted octanol–water partition coefficient (Wildman–Crippen LogP) is -5.22. The molecule has 5 amide bonds. The minimum absolute atomic E-state index is 0.0165. The van der Waals surface area contributed by atoms with Crippen molar-refractivity contribution in [3.05, 3.63) is 52.1 Å². The van der Waals surface area contributed by atoms with Crippen LogP contribution in [0.3, 0.4) is 0 Å². The van der Waals surface area contributed by atoms with E-state index in [1.165, 1.54) is 37.5 Å². The molecule has 0 radical (unpaired) electrons. The van der Waals surface area contributed by atoms with Gasteiger partial charge in [0.25, 0.3) is 11.5 Å². The Labute approximate surface area is 350 Å². The molecule has 0 saturated heterocycles. The van der Waals surface area contributed by atoms with E-state index in [9.17, 15) is 63.9 Å². The van der Waals surface area contributed by atoms with Crippen LogP contribution in [-0.2, 0) is 35.3 Å². The largest absolute Gasteiger partial charge is 0.481 e. The molecule has 0 spiro atoms. The number of fused-ring (bicyclic) bond motifs is 1. The van der Waals surface area contributed by atoms with Gasteiger partial charge in [0.05, 0.1) is 31.1 Å². The fourth-order valence-electron chi connectivity index (χ4n) is 5.55. The number of hydrogen-bond acceptors (Lipinski definition) is 18. The first kappa shape index (κ1) is 49.5. The molecule has 26 nitrogen and oxygen atoms in total. The standard InChI is InChI=1S/C36H49N11O15/c1-38-32(58)19(8-11-26(53)54)44-33(59)20(6-9-24(51)40-14-22(49)28(55)29(56)23(50)15-48)43-25(52)10-7-21(35(61)62)45-31(57)16-2-4-17(5-3-16)39-12-18-13-41-30-27(42-18)34(60)47-36(37)46-30/h2-5,13,19-23,28-29,39,48-50,55-56H,6-12,14-15H2,1H3,(H,38,58)(H,40,51)(H,43,52)(H,44,59)(H,45,57)(H,53,54)(H,61,62)(H3,37,41,46,47,60)/t19-,20-,21-,22-,23+,28+,29+/m0/s1. The van der Waals surface area contributed by atoms with E-state index in [0.717, 1.165) is 0 Å². The zero-order valence-corrected chi connectivity index (χ0v) is 33.1. The third-order valence-corrected chi connectivity index (χ3v) is 9.04. The first-order valence-electron chi connectivity index (χ1n) is 18.8. The van der Waals surface area contributed by atoms with Crippen LogP contribution in [0.1, 0.15) is 54.6 Å². The summed E-state index contributed by atoms with van der Waals surface area (Å²) in [5.41, 5.74) is 5.96. The van der Waals surface area contributed by atoms with Gasteiger partial charge in [-0.1, -0.05) is 0 Å². The van der Waals surface area contributed by atoms with E-state index in [4.69, 9.17) is 15.9 Å². The maximum atomic E-state index is 13.3. The number of anilines is 2. The number of amides is 5. The van der Waals surface area contributed by atoms with Crippen molar-refractivity contribution < 1.29 is 69.3 Å². The molecule has 0 fully saturated rings. The average Bonchev–Trinajstić information content (AvgIpc) is 3.24. The Kier molecular flexibility index (Phi) is 19.0. The van der Waals surface area contributed by atoms with Crippen LogP contribution in [0.15, 0.2) is 35.3 Å². The molecule has 16 N–H and O–H groups in total. The lowest BCUT2D eigenvalue weighted by Crippen LogP contribution is -2.54. The summed E-state index contributed by atoms with van der Waals surface area (Å²) in [6.45, 7) is -1.47. The van der Waals surface area contributed by atoms with Gasteiger partial charge >= 0.3 is 11.9 Å². The van der Waals surface area contributed by atoms with Crippen LogP contribution in [-0.4, -0.2) is 160 Å². The molecule has 0 aliphatic carbocycles. The van der Waals surface area contributed by atoms with E-state index in [2.05, 4.69) is 51.8 Å². The molecule has 26 heteroatoms. The molecule has 2 heterocycles. The zero-order chi connectivity index (χ0) is 46.1. The number of carboxylic acid groups (broad SMARTS) is 2. The van der Waals surface area contributed by atoms with Crippen molar-refractivity contribution in [2.24, 2.45) is 0 Å². The number of aromatic amines is 1. The van der Waals surface area contributed by atoms with Gasteiger partial charge in [0, 0.05) is 44.1 Å². The number of nitrogens with one attached hydrogen (secondary N) is 7. The summed E-state index contributed by atoms with van der Waals surface area (Å²) in [6, 6.07) is 1.27. The predicted molar refractivity (Wildman–Crippen MR) is 212 cm³/mol. The van der Waals surface area contributed by atoms with E-state index in [1.807, 2.05) is 0 Å². The Morgan fingerprint density at radius 1 is 0.774 bits per heavy atom. The Bertz CT molecular complexity index is 2120. The SMILES string of the molecule is CNC(=O)[C@H](CCC(=O)O)NC(=O)[C@H](CCC(=O)NC[C@H](O)[C@@H](O)[C@H](O)[C@H](O)CO)NC(=O)CC[C@H](NC(=O)c1ccc(NCc2cnc3nc(N)[nH]c(=O)c3n2)cc1)C(=O)O. The fraction of sp³-hybridized carbons (Fsp3) is 0.472. The lowest BCUT2D eigenvalue weighted by Gasteiger charge is -2.26. The van der Waals surface area contributed by atoms with Gasteiger partial charge in [0.1, 0.15) is 36.4 Å². The number of nitrogens with two attached hydrogens (primary N) is 1. The number of carboxylic acids is 2. The van der Waals surface area contributed by atoms with Crippen molar-refractivity contribution in [3.63, 3.8) is 0 Å². The van der Waals surface area contributed by atoms with E-state index >= 15 is 0 Å². The van der Waals surface area contributed by atoms with Crippen molar-refractivity contribution >= 4 is 64.3 Å². The molecule has 3 rings (SSSR count). The van der Waals surface area contributed by atoms with Gasteiger partial charge < -0.3 is 73.4 Å². The van der Waals surface area contributed by atoms with Crippen LogP contribution >= 0.6 is 0 Å². The highest BCUT2D eigenvalue weighted by Gasteiger charge is 2.31. The molecule has 0 unspecified atom stereocenters. The number of nitrogen functional groups attached to an aromatic ring is 1. The smallest absolute Gasteiger partial charge is 0.326 e. The number of rotatable bonds is 25. The van der Waals surface area contributed by atoms with Gasteiger partial charge in [0.2, 0.25) is 29.6 Å². The second kappa shape index (κ2) is 23.8. The third kappa shape index (κ3) is 15.3. The molecule has 62 heavy (non-hydrogen) atoms. The molecule has 0 aliphatic rings. The lowest BCUT2D eigenvalue weighted by atomic mass is 10.0. The highest BCUT2D eigenvalue weighted by molar-refractivity contribution is 5.97. The number of aliphatic hydroxyl groups is 5. The average molecular weight is 876 g/mol. The molecule has 2 aromatic heterocycles. The fourth-order valence-corrected chi connectivity index (χ4v) is 5.55. The highest BCUT2D eigenvalue weighted by atomic mass is 16.4. The van der Waals surface area contributed by atoms with Gasteiger partial charge in [-0.2, -0.15) is 4.98 Å². The molecule has 3 aromatic rings. The second-order valence-corrected chi connectivity index (χ2v) is 13.7. The van der Waals surface area contributed by atoms with Crippen molar-refractivity contribution in [3.8, 4) is 0 Å². The van der Waals surface area contributed by atoms with Gasteiger partial charge in [-0.25, -0.2) is 14.8 Å². The molecule has 0 bridgehead atoms. The lowest BCUT2D eigenvalue weighted by molar-refractivity contribution is -0.140. The van der Waals surface area contributed by atoms with E-state index in [0.29, 0.717) is 11.4 Å². The van der Waals surface area contributed by atoms with Gasteiger partial charge in [0.15, 0.2) is 11.2 Å². The first-order chi connectivity index (χ1) is 29.3. The number of aliphatic hydroxyl groups excluding tert-OH is 5. The number of benzene rings is 1. The monoisotopic (exact) mass is 875 g/mol. The van der Waals surface area contributed by atoms with E-state index < -0.39 is 135 Å². The van der Waals surface area contributed by atoms with Crippen LogP contribution in [0.25, 0.3) is 11.2 Å². The molecule has 1 aromatic carbocycles. The molecule has 0 aliphatic heterocycles. The topological polar surface area (TPSA) is 431 Å². The number of likely N-dealkylation sites (N-methyl/N-ethyl adjacent to an activating group) is 1. The van der Waals surface area contributed by atoms with Crippen LogP contribution in [0.4, 0.5) is 11.6 Å². The Morgan fingerprint density at radius 2 is 1.39 bits per heavy atom. The van der Waals surface area contributed by atoms with Crippen molar-refractivity contribution in [2.75, 3.05) is 31.2 Å². The Morgan fingerprint density at radius 3 is 2.02 bits per heavy atom. The molecule has 338 valence electrons. The molecular weight excluding hydrogens is 826 g/mol. The summed E-state index contributed by atoms with van der Waals surface area (Å²) in [5.74, 6) is -7.24. The van der Waals surface area contributed by atoms with Crippen LogP contribution in [0, 0.1) is 0 Å². The zero-order valence-electron chi connectivity index (χ0n) is 33.1. The Hall–Kier alpha value is -6.87. The summed E-state index contributed by atoms with van der Waals surface area (Å²) >= 11 is 0. The number of carbonyl (C=O) groups is 7. The minimum Gasteiger partial charge on any atom is -0.481 e. The normalized spacial score (nSPS) is 14.5. The van der Waals surface area contributed by atoms with Gasteiger partial charge in [-0.15, -0.1) is 0 Å². The number of carbonyl (C=O) groups excluding carboxylic acids is 5. The number of H-pyrrole nitrogens is 1. The summed E-state index contributed by atoms with van der Waals surface area (Å²) in [5, 5.41) is 81.7. The van der Waals surface area contributed by atoms with Crippen molar-refractivity contribution in [2.45, 2.75) is 87.6 Å².